The molecule has 16 heavy (non-hydrogen) atoms. The second kappa shape index (κ2) is 7.19. The molecule has 0 fully saturated rings. The van der Waals surface area contributed by atoms with Crippen LogP contribution >= 0.6 is 0 Å². The maximum atomic E-state index is 10.7. The summed E-state index contributed by atoms with van der Waals surface area (Å²) in [7, 11) is 0. The Labute approximate surface area is 94.2 Å². The predicted octanol–water partition coefficient (Wildman–Crippen LogP) is 0.526. The van der Waals surface area contributed by atoms with Crippen LogP contribution in [0.25, 0.3) is 0 Å². The standard InChI is InChI=1S/C10H18O6/c1-4-5-8(15-7(3)12)16-9(6(2)11)10(13)14/h6,8-9,11H,4-5H2,1-3H3,(H,13,14). The smallest absolute Gasteiger partial charge is 0.335 e. The Bertz CT molecular complexity index is 237. The minimum atomic E-state index is -1.39. The Balaban J connectivity index is 4.44. The van der Waals surface area contributed by atoms with Gasteiger partial charge in [-0.3, -0.25) is 4.79 Å². The summed E-state index contributed by atoms with van der Waals surface area (Å²) in [6.45, 7) is 4.36. The molecule has 3 unspecified atom stereocenters. The maximum absolute atomic E-state index is 10.7. The van der Waals surface area contributed by atoms with E-state index in [1.54, 1.807) is 0 Å². The van der Waals surface area contributed by atoms with Gasteiger partial charge in [-0.25, -0.2) is 4.79 Å². The van der Waals surface area contributed by atoms with Crippen LogP contribution in [0.2, 0.25) is 0 Å². The Morgan fingerprint density at radius 3 is 2.25 bits per heavy atom. The number of carboxylic acid groups (broad SMARTS) is 1. The molecular weight excluding hydrogens is 216 g/mol. The first kappa shape index (κ1) is 14.9. The molecule has 0 amide bonds. The van der Waals surface area contributed by atoms with Crippen LogP contribution in [0.1, 0.15) is 33.6 Å². The zero-order valence-electron chi connectivity index (χ0n) is 9.67. The molecule has 0 aliphatic rings. The molecule has 6 heteroatoms. The molecule has 0 aromatic rings. The highest BCUT2D eigenvalue weighted by molar-refractivity contribution is 5.73. The monoisotopic (exact) mass is 234 g/mol. The summed E-state index contributed by atoms with van der Waals surface area (Å²) >= 11 is 0. The quantitative estimate of drug-likeness (QED) is 0.493. The zero-order valence-corrected chi connectivity index (χ0v) is 9.67. The molecule has 0 aromatic heterocycles. The third kappa shape index (κ3) is 5.67. The van der Waals surface area contributed by atoms with Gasteiger partial charge in [0.25, 0.3) is 0 Å². The summed E-state index contributed by atoms with van der Waals surface area (Å²) in [5, 5.41) is 18.0. The highest BCUT2D eigenvalue weighted by Gasteiger charge is 2.28. The van der Waals surface area contributed by atoms with Crippen molar-refractivity contribution < 1.29 is 29.3 Å². The summed E-state index contributed by atoms with van der Waals surface area (Å²) in [6.07, 6.45) is -2.44. The Morgan fingerprint density at radius 2 is 1.94 bits per heavy atom. The van der Waals surface area contributed by atoms with Crippen molar-refractivity contribution in [2.75, 3.05) is 0 Å². The fraction of sp³-hybridized carbons (Fsp3) is 0.800. The van der Waals surface area contributed by atoms with Crippen molar-refractivity contribution in [2.45, 2.75) is 52.1 Å². The van der Waals surface area contributed by atoms with Crippen molar-refractivity contribution in [2.24, 2.45) is 0 Å². The molecule has 0 aromatic carbocycles. The minimum absolute atomic E-state index is 0.385. The van der Waals surface area contributed by atoms with Gasteiger partial charge >= 0.3 is 11.9 Å². The molecule has 0 saturated heterocycles. The van der Waals surface area contributed by atoms with Gasteiger partial charge in [-0.2, -0.15) is 0 Å². The van der Waals surface area contributed by atoms with Gasteiger partial charge in [0.1, 0.15) is 0 Å². The van der Waals surface area contributed by atoms with Crippen molar-refractivity contribution in [3.8, 4) is 0 Å². The number of carboxylic acids is 1. The van der Waals surface area contributed by atoms with Crippen LogP contribution in [-0.2, 0) is 19.1 Å². The van der Waals surface area contributed by atoms with Crippen molar-refractivity contribution in [3.05, 3.63) is 0 Å². The average molecular weight is 234 g/mol. The topological polar surface area (TPSA) is 93.1 Å². The average Bonchev–Trinajstić information content (AvgIpc) is 2.12. The van der Waals surface area contributed by atoms with E-state index in [0.717, 1.165) is 0 Å². The Hall–Kier alpha value is -1.14. The van der Waals surface area contributed by atoms with Gasteiger partial charge < -0.3 is 19.7 Å². The van der Waals surface area contributed by atoms with Crippen LogP contribution in [0.5, 0.6) is 0 Å². The van der Waals surface area contributed by atoms with E-state index in [9.17, 15) is 14.7 Å². The van der Waals surface area contributed by atoms with Crippen LogP contribution < -0.4 is 0 Å². The van der Waals surface area contributed by atoms with E-state index in [0.29, 0.717) is 12.8 Å². The number of hydrogen-bond donors (Lipinski definition) is 2. The molecule has 0 aliphatic carbocycles. The SMILES string of the molecule is CCCC(OC(C)=O)OC(C(=O)O)C(C)O. The fourth-order valence-electron chi connectivity index (χ4n) is 1.12. The first-order valence-electron chi connectivity index (χ1n) is 5.12. The largest absolute Gasteiger partial charge is 0.479 e. The van der Waals surface area contributed by atoms with E-state index in [4.69, 9.17) is 14.6 Å². The number of carbonyl (C=O) groups is 2. The van der Waals surface area contributed by atoms with Gasteiger partial charge in [0.2, 0.25) is 6.29 Å². The lowest BCUT2D eigenvalue weighted by atomic mass is 10.2. The summed E-state index contributed by atoms with van der Waals surface area (Å²) < 4.78 is 9.82. The number of hydrogen-bond acceptors (Lipinski definition) is 5. The first-order valence-corrected chi connectivity index (χ1v) is 5.12. The molecular formula is C10H18O6. The van der Waals surface area contributed by atoms with Crippen molar-refractivity contribution in [1.29, 1.82) is 0 Å². The zero-order chi connectivity index (χ0) is 12.7. The third-order valence-electron chi connectivity index (χ3n) is 1.80. The molecule has 0 spiro atoms. The number of carbonyl (C=O) groups excluding carboxylic acids is 1. The number of aliphatic hydroxyl groups excluding tert-OH is 1. The number of ether oxygens (including phenoxy) is 2. The van der Waals surface area contributed by atoms with Gasteiger partial charge in [-0.05, 0) is 6.92 Å². The van der Waals surface area contributed by atoms with Crippen LogP contribution in [0.4, 0.5) is 0 Å². The number of aliphatic hydroxyl groups is 1. The van der Waals surface area contributed by atoms with Gasteiger partial charge in [-0.15, -0.1) is 0 Å². The summed E-state index contributed by atoms with van der Waals surface area (Å²) in [6, 6.07) is 0. The predicted molar refractivity (Wildman–Crippen MR) is 54.7 cm³/mol. The van der Waals surface area contributed by atoms with Crippen molar-refractivity contribution in [3.63, 3.8) is 0 Å². The normalized spacial score (nSPS) is 16.2. The molecule has 0 rings (SSSR count). The lowest BCUT2D eigenvalue weighted by Crippen LogP contribution is -2.39. The third-order valence-corrected chi connectivity index (χ3v) is 1.80. The van der Waals surface area contributed by atoms with Crippen LogP contribution in [0.3, 0.4) is 0 Å². The lowest BCUT2D eigenvalue weighted by Gasteiger charge is -2.23. The molecule has 0 aliphatic heterocycles. The Morgan fingerprint density at radius 1 is 1.38 bits per heavy atom. The highest BCUT2D eigenvalue weighted by atomic mass is 16.7. The molecule has 2 N–H and O–H groups in total. The molecule has 3 atom stereocenters. The summed E-state index contributed by atoms with van der Waals surface area (Å²) in [5.41, 5.74) is 0. The van der Waals surface area contributed by atoms with E-state index >= 15 is 0 Å². The van der Waals surface area contributed by atoms with Crippen LogP contribution in [0, 0.1) is 0 Å². The second-order valence-electron chi connectivity index (χ2n) is 3.46. The van der Waals surface area contributed by atoms with Crippen molar-refractivity contribution >= 4 is 11.9 Å². The van der Waals surface area contributed by atoms with Gasteiger partial charge in [-0.1, -0.05) is 13.3 Å². The molecule has 0 heterocycles. The maximum Gasteiger partial charge on any atom is 0.335 e. The van der Waals surface area contributed by atoms with Gasteiger partial charge in [0, 0.05) is 13.3 Å². The van der Waals surface area contributed by atoms with E-state index in [1.807, 2.05) is 6.92 Å². The molecule has 6 nitrogen and oxygen atoms in total. The van der Waals surface area contributed by atoms with Crippen LogP contribution in [-0.4, -0.2) is 40.6 Å². The number of rotatable bonds is 7. The Kier molecular flexibility index (Phi) is 6.67. The number of esters is 1. The summed E-state index contributed by atoms with van der Waals surface area (Å²) in [4.78, 5) is 21.5. The molecule has 0 bridgehead atoms. The fourth-order valence-corrected chi connectivity index (χ4v) is 1.12. The van der Waals surface area contributed by atoms with E-state index in [-0.39, 0.29) is 0 Å². The van der Waals surface area contributed by atoms with Gasteiger partial charge in [0.15, 0.2) is 6.10 Å². The van der Waals surface area contributed by atoms with Gasteiger partial charge in [0.05, 0.1) is 6.10 Å². The minimum Gasteiger partial charge on any atom is -0.479 e. The molecule has 94 valence electrons. The van der Waals surface area contributed by atoms with E-state index in [1.165, 1.54) is 13.8 Å². The molecule has 0 radical (unpaired) electrons. The first-order chi connectivity index (χ1) is 7.38. The second-order valence-corrected chi connectivity index (χ2v) is 3.46. The van der Waals surface area contributed by atoms with E-state index < -0.39 is 30.4 Å². The van der Waals surface area contributed by atoms with E-state index in [2.05, 4.69) is 0 Å². The molecule has 0 saturated carbocycles. The summed E-state index contributed by atoms with van der Waals surface area (Å²) in [5.74, 6) is -1.84. The lowest BCUT2D eigenvalue weighted by molar-refractivity contribution is -0.208. The number of aliphatic carboxylic acids is 1. The van der Waals surface area contributed by atoms with Crippen LogP contribution in [0.15, 0.2) is 0 Å². The van der Waals surface area contributed by atoms with Crippen molar-refractivity contribution in [1.82, 2.24) is 0 Å². The highest BCUT2D eigenvalue weighted by Crippen LogP contribution is 2.11.